The lowest BCUT2D eigenvalue weighted by atomic mass is 10.0. The molecule has 0 spiro atoms. The molecular formula is C21H39N7O8. The van der Waals surface area contributed by atoms with E-state index < -0.39 is 72.2 Å². The number of carboxylic acids is 2. The quantitative estimate of drug-likeness (QED) is 0.0866. The van der Waals surface area contributed by atoms with Crippen molar-refractivity contribution in [3.8, 4) is 0 Å². The molecule has 0 heterocycles. The van der Waals surface area contributed by atoms with Gasteiger partial charge in [0.05, 0.1) is 12.5 Å². The molecule has 0 aliphatic heterocycles. The van der Waals surface area contributed by atoms with Crippen LogP contribution in [0.25, 0.3) is 0 Å². The van der Waals surface area contributed by atoms with Gasteiger partial charge in [0.25, 0.3) is 0 Å². The van der Waals surface area contributed by atoms with Crippen molar-refractivity contribution < 1.29 is 39.0 Å². The minimum Gasteiger partial charge on any atom is -0.481 e. The molecule has 0 aromatic carbocycles. The molecule has 15 nitrogen and oxygen atoms in total. The first-order chi connectivity index (χ1) is 16.8. The average molecular weight is 518 g/mol. The molecule has 12 N–H and O–H groups in total. The molecule has 0 aliphatic carbocycles. The Labute approximate surface area is 209 Å². The van der Waals surface area contributed by atoms with Crippen LogP contribution in [0.4, 0.5) is 4.79 Å². The van der Waals surface area contributed by atoms with Crippen molar-refractivity contribution in [2.75, 3.05) is 13.1 Å². The monoisotopic (exact) mass is 517 g/mol. The van der Waals surface area contributed by atoms with E-state index in [1.54, 1.807) is 13.8 Å². The molecule has 0 bridgehead atoms. The predicted octanol–water partition coefficient (Wildman–Crippen LogP) is -2.44. The van der Waals surface area contributed by atoms with Gasteiger partial charge in [0, 0.05) is 6.54 Å². The fourth-order valence-corrected chi connectivity index (χ4v) is 3.13. The van der Waals surface area contributed by atoms with Gasteiger partial charge in [-0.05, 0) is 38.1 Å². The van der Waals surface area contributed by atoms with Crippen molar-refractivity contribution in [3.63, 3.8) is 0 Å². The molecule has 0 unspecified atom stereocenters. The largest absolute Gasteiger partial charge is 0.481 e. The summed E-state index contributed by atoms with van der Waals surface area (Å²) in [5, 5.41) is 27.9. The first-order valence-electron chi connectivity index (χ1n) is 11.6. The summed E-state index contributed by atoms with van der Waals surface area (Å²) in [5.41, 5.74) is 16.2. The summed E-state index contributed by atoms with van der Waals surface area (Å²) in [6.07, 6.45) is 0.915. The van der Waals surface area contributed by atoms with Gasteiger partial charge >= 0.3 is 18.0 Å². The summed E-state index contributed by atoms with van der Waals surface area (Å²) in [6.45, 7) is 3.71. The van der Waals surface area contributed by atoms with E-state index in [9.17, 15) is 39.0 Å². The Morgan fingerprint density at radius 1 is 0.806 bits per heavy atom. The highest BCUT2D eigenvalue weighted by atomic mass is 16.4. The number of rotatable bonds is 18. The van der Waals surface area contributed by atoms with Gasteiger partial charge in [0.1, 0.15) is 18.1 Å². The van der Waals surface area contributed by atoms with Gasteiger partial charge in [-0.2, -0.15) is 0 Å². The third-order valence-electron chi connectivity index (χ3n) is 5.15. The number of hydrogen-bond donors (Lipinski definition) is 9. The van der Waals surface area contributed by atoms with Crippen LogP contribution in [0.15, 0.2) is 0 Å². The first kappa shape index (κ1) is 32.5. The van der Waals surface area contributed by atoms with Crippen LogP contribution >= 0.6 is 0 Å². The Hall–Kier alpha value is -3.46. The van der Waals surface area contributed by atoms with Gasteiger partial charge in [-0.25, -0.2) is 9.59 Å². The van der Waals surface area contributed by atoms with Crippen molar-refractivity contribution in [2.24, 2.45) is 23.1 Å². The number of urea groups is 1. The van der Waals surface area contributed by atoms with Crippen molar-refractivity contribution in [1.82, 2.24) is 21.3 Å². The molecule has 0 saturated heterocycles. The fraction of sp³-hybridized carbons (Fsp3) is 0.714. The minimum atomic E-state index is -1.51. The third kappa shape index (κ3) is 13.4. The molecule has 0 aliphatic rings. The molecule has 0 rings (SSSR count). The molecule has 0 fully saturated rings. The van der Waals surface area contributed by atoms with E-state index in [2.05, 4.69) is 21.3 Å². The SMILES string of the molecule is CC(C)[C@H](NC(=O)[C@H](CC(=O)O)NC(=O)[C@@H](N)CCCCN)C(=O)N[C@@H](CCCNC(N)=O)C(=O)O. The van der Waals surface area contributed by atoms with E-state index in [-0.39, 0.29) is 25.8 Å². The van der Waals surface area contributed by atoms with E-state index in [0.717, 1.165) is 0 Å². The Morgan fingerprint density at radius 2 is 1.42 bits per heavy atom. The predicted molar refractivity (Wildman–Crippen MR) is 128 cm³/mol. The van der Waals surface area contributed by atoms with Crippen LogP contribution in [0.1, 0.15) is 52.4 Å². The molecule has 206 valence electrons. The Balaban J connectivity index is 5.30. The summed E-state index contributed by atoms with van der Waals surface area (Å²) >= 11 is 0. The topological polar surface area (TPSA) is 269 Å². The van der Waals surface area contributed by atoms with Gasteiger partial charge in [0.15, 0.2) is 0 Å². The number of nitrogens with one attached hydrogen (secondary N) is 4. The lowest BCUT2D eigenvalue weighted by Crippen LogP contribution is -2.58. The van der Waals surface area contributed by atoms with E-state index in [1.807, 2.05) is 0 Å². The van der Waals surface area contributed by atoms with Crippen LogP contribution in [-0.4, -0.2) is 83.2 Å². The van der Waals surface area contributed by atoms with Gasteiger partial charge < -0.3 is 48.7 Å². The summed E-state index contributed by atoms with van der Waals surface area (Å²) < 4.78 is 0. The van der Waals surface area contributed by atoms with E-state index >= 15 is 0 Å². The van der Waals surface area contributed by atoms with Crippen LogP contribution in [0.3, 0.4) is 0 Å². The first-order valence-corrected chi connectivity index (χ1v) is 11.6. The Bertz CT molecular complexity index is 777. The summed E-state index contributed by atoms with van der Waals surface area (Å²) in [4.78, 5) is 71.5. The van der Waals surface area contributed by atoms with Gasteiger partial charge in [-0.1, -0.05) is 20.3 Å². The number of hydrogen-bond acceptors (Lipinski definition) is 8. The number of amides is 5. The van der Waals surface area contributed by atoms with Crippen LogP contribution in [0, 0.1) is 5.92 Å². The minimum absolute atomic E-state index is 0.0279. The third-order valence-corrected chi connectivity index (χ3v) is 5.15. The van der Waals surface area contributed by atoms with Crippen molar-refractivity contribution in [3.05, 3.63) is 0 Å². The highest BCUT2D eigenvalue weighted by Gasteiger charge is 2.32. The Kier molecular flexibility index (Phi) is 15.4. The maximum Gasteiger partial charge on any atom is 0.326 e. The number of aliphatic carboxylic acids is 2. The van der Waals surface area contributed by atoms with Crippen molar-refractivity contribution >= 4 is 35.7 Å². The lowest BCUT2D eigenvalue weighted by molar-refractivity contribution is -0.143. The second-order valence-electron chi connectivity index (χ2n) is 8.61. The molecule has 0 radical (unpaired) electrons. The number of nitrogens with two attached hydrogens (primary N) is 3. The second kappa shape index (κ2) is 17.0. The van der Waals surface area contributed by atoms with Crippen LogP contribution in [0.2, 0.25) is 0 Å². The van der Waals surface area contributed by atoms with Crippen LogP contribution < -0.4 is 38.5 Å². The standard InChI is InChI=1S/C21H39N7O8/c1-11(2)16(19(33)26-13(20(34)35)7-5-9-25-21(24)36)28-18(32)14(10-15(29)30)27-17(31)12(23)6-3-4-8-22/h11-14,16H,3-10,22-23H2,1-2H3,(H,26,33)(H,27,31)(H,28,32)(H,29,30)(H,34,35)(H3,24,25,36)/t12-,13-,14-,16-/m0/s1. The number of carbonyl (C=O) groups is 6. The van der Waals surface area contributed by atoms with E-state index in [1.165, 1.54) is 0 Å². The number of carboxylic acid groups (broad SMARTS) is 2. The molecule has 15 heteroatoms. The highest BCUT2D eigenvalue weighted by molar-refractivity contribution is 5.95. The van der Waals surface area contributed by atoms with Gasteiger partial charge in [-0.3, -0.25) is 19.2 Å². The maximum absolute atomic E-state index is 12.8. The number of carbonyl (C=O) groups excluding carboxylic acids is 4. The lowest BCUT2D eigenvalue weighted by Gasteiger charge is -2.26. The van der Waals surface area contributed by atoms with E-state index in [4.69, 9.17) is 17.2 Å². The smallest absolute Gasteiger partial charge is 0.326 e. The normalized spacial score (nSPS) is 14.1. The Morgan fingerprint density at radius 3 is 1.92 bits per heavy atom. The van der Waals surface area contributed by atoms with Crippen molar-refractivity contribution in [2.45, 2.75) is 76.5 Å². The average Bonchev–Trinajstić information content (AvgIpc) is 2.77. The van der Waals surface area contributed by atoms with Crippen LogP contribution in [0.5, 0.6) is 0 Å². The zero-order valence-electron chi connectivity index (χ0n) is 20.6. The molecule has 4 atom stereocenters. The van der Waals surface area contributed by atoms with Crippen molar-refractivity contribution in [1.29, 1.82) is 0 Å². The zero-order valence-corrected chi connectivity index (χ0v) is 20.6. The van der Waals surface area contributed by atoms with E-state index in [0.29, 0.717) is 19.4 Å². The molecular weight excluding hydrogens is 478 g/mol. The second-order valence-corrected chi connectivity index (χ2v) is 8.61. The van der Waals surface area contributed by atoms with Crippen LogP contribution in [-0.2, 0) is 24.0 Å². The maximum atomic E-state index is 12.8. The molecule has 0 aromatic heterocycles. The highest BCUT2D eigenvalue weighted by Crippen LogP contribution is 2.07. The number of unbranched alkanes of at least 4 members (excludes halogenated alkanes) is 1. The number of primary amides is 1. The molecule has 0 aromatic rings. The summed E-state index contributed by atoms with van der Waals surface area (Å²) in [5.74, 6) is -5.68. The molecule has 36 heavy (non-hydrogen) atoms. The summed E-state index contributed by atoms with van der Waals surface area (Å²) in [6, 6.07) is -5.81. The molecule has 5 amide bonds. The zero-order chi connectivity index (χ0) is 27.8. The van der Waals surface area contributed by atoms with Gasteiger partial charge in [-0.15, -0.1) is 0 Å². The summed E-state index contributed by atoms with van der Waals surface area (Å²) in [7, 11) is 0. The molecule has 0 saturated carbocycles. The van der Waals surface area contributed by atoms with Gasteiger partial charge in [0.2, 0.25) is 17.7 Å². The fourth-order valence-electron chi connectivity index (χ4n) is 3.13.